The topological polar surface area (TPSA) is 63.7 Å². The zero-order valence-corrected chi connectivity index (χ0v) is 12.5. The van der Waals surface area contributed by atoms with Crippen LogP contribution in [0.3, 0.4) is 0 Å². The average Bonchev–Trinajstić information content (AvgIpc) is 2.48. The Morgan fingerprint density at radius 2 is 1.53 bits per heavy atom. The van der Waals surface area contributed by atoms with E-state index in [0.29, 0.717) is 13.1 Å². The molecule has 19 heavy (non-hydrogen) atoms. The van der Waals surface area contributed by atoms with Gasteiger partial charge >= 0.3 is 0 Å². The molecular formula is C14H18N4Pd-2. The van der Waals surface area contributed by atoms with Crippen molar-refractivity contribution in [2.45, 2.75) is 6.92 Å². The molecule has 0 spiro atoms. The average molecular weight is 349 g/mol. The summed E-state index contributed by atoms with van der Waals surface area (Å²) in [5, 5.41) is 3.90. The third-order valence-corrected chi connectivity index (χ3v) is 2.09. The molecule has 5 heteroatoms. The standard InChI is InChI=1S/C10H8N2.C4H10N2.Pd/c1-3-7-11-9(5-1)10-6-2-4-8-12-10;1-2-6-4-3-5;/h1-8H;5H,2-4H2,1H3;/q;-2;. The molecule has 0 atom stereocenters. The van der Waals surface area contributed by atoms with Crippen molar-refractivity contribution in [3.8, 4) is 11.4 Å². The molecule has 2 rings (SSSR count). The molecule has 2 aromatic rings. The SMILES string of the molecule is CC[N-]CC[NH-].[Pd].c1ccc(-c2ccccn2)nc1. The molecule has 4 nitrogen and oxygen atoms in total. The second kappa shape index (κ2) is 11.9. The van der Waals surface area contributed by atoms with Crippen LogP contribution in [0.25, 0.3) is 22.4 Å². The molecule has 0 aliphatic rings. The van der Waals surface area contributed by atoms with E-state index in [0.717, 1.165) is 17.9 Å². The van der Waals surface area contributed by atoms with Crippen molar-refractivity contribution < 1.29 is 20.4 Å². The summed E-state index contributed by atoms with van der Waals surface area (Å²) in [5.74, 6) is 0. The van der Waals surface area contributed by atoms with Crippen LogP contribution < -0.4 is 0 Å². The number of nitrogens with one attached hydrogen (secondary N) is 1. The molecule has 0 saturated carbocycles. The van der Waals surface area contributed by atoms with E-state index in [4.69, 9.17) is 5.73 Å². The molecule has 0 aliphatic carbocycles. The normalized spacial score (nSPS) is 8.95. The van der Waals surface area contributed by atoms with Crippen LogP contribution in [0.2, 0.25) is 0 Å². The first-order valence-electron chi connectivity index (χ1n) is 5.98. The summed E-state index contributed by atoms with van der Waals surface area (Å²) in [5.41, 5.74) is 8.44. The van der Waals surface area contributed by atoms with Crippen molar-refractivity contribution in [3.63, 3.8) is 0 Å². The predicted octanol–water partition coefficient (Wildman–Crippen LogP) is 3.57. The molecule has 2 heterocycles. The molecule has 0 radical (unpaired) electrons. The number of nitrogens with zero attached hydrogens (tertiary/aromatic N) is 3. The van der Waals surface area contributed by atoms with Crippen molar-refractivity contribution in [3.05, 3.63) is 59.8 Å². The number of likely N-dealkylation sites (N-methyl/N-ethyl adjacent to an activating group) is 1. The second-order valence-corrected chi connectivity index (χ2v) is 3.44. The van der Waals surface area contributed by atoms with Crippen LogP contribution in [-0.2, 0) is 20.4 Å². The first-order valence-corrected chi connectivity index (χ1v) is 5.98. The first kappa shape index (κ1) is 17.9. The fraction of sp³-hybridized carbons (Fsp3) is 0.286. The van der Waals surface area contributed by atoms with Gasteiger partial charge in [-0.05, 0) is 24.3 Å². The van der Waals surface area contributed by atoms with Gasteiger partial charge in [0.25, 0.3) is 0 Å². The first-order chi connectivity index (χ1) is 8.88. The van der Waals surface area contributed by atoms with Crippen LogP contribution in [0.15, 0.2) is 48.8 Å². The maximum atomic E-state index is 6.61. The summed E-state index contributed by atoms with van der Waals surface area (Å²) < 4.78 is 0. The maximum absolute atomic E-state index is 6.61. The fourth-order valence-electron chi connectivity index (χ4n) is 1.27. The summed E-state index contributed by atoms with van der Waals surface area (Å²) in [7, 11) is 0. The minimum absolute atomic E-state index is 0. The van der Waals surface area contributed by atoms with E-state index in [2.05, 4.69) is 15.3 Å². The van der Waals surface area contributed by atoms with Gasteiger partial charge in [-0.2, -0.15) is 19.6 Å². The van der Waals surface area contributed by atoms with Crippen LogP contribution in [0.1, 0.15) is 6.92 Å². The van der Waals surface area contributed by atoms with Gasteiger partial charge in [0.1, 0.15) is 0 Å². The van der Waals surface area contributed by atoms with E-state index in [1.165, 1.54) is 0 Å². The number of pyridine rings is 2. The second-order valence-electron chi connectivity index (χ2n) is 3.44. The van der Waals surface area contributed by atoms with Gasteiger partial charge in [0, 0.05) is 32.8 Å². The molecule has 1 N–H and O–H groups in total. The Morgan fingerprint density at radius 3 is 1.79 bits per heavy atom. The van der Waals surface area contributed by atoms with Crippen molar-refractivity contribution in [2.24, 2.45) is 0 Å². The smallest absolute Gasteiger partial charge is 0.0886 e. The minimum atomic E-state index is 0. The van der Waals surface area contributed by atoms with Crippen LogP contribution in [0.4, 0.5) is 0 Å². The van der Waals surface area contributed by atoms with E-state index >= 15 is 0 Å². The number of aromatic nitrogens is 2. The van der Waals surface area contributed by atoms with E-state index < -0.39 is 0 Å². The van der Waals surface area contributed by atoms with Gasteiger partial charge in [0.2, 0.25) is 0 Å². The number of hydrogen-bond acceptors (Lipinski definition) is 2. The Morgan fingerprint density at radius 1 is 1.00 bits per heavy atom. The Balaban J connectivity index is 0.000000404. The maximum Gasteiger partial charge on any atom is 0.0886 e. The third-order valence-electron chi connectivity index (χ3n) is 2.09. The Hall–Kier alpha value is -1.12. The minimum Gasteiger partial charge on any atom is -0.679 e. The van der Waals surface area contributed by atoms with Crippen molar-refractivity contribution >= 4 is 0 Å². The Labute approximate surface area is 128 Å². The van der Waals surface area contributed by atoms with Gasteiger partial charge in [-0.15, -0.1) is 0 Å². The summed E-state index contributed by atoms with van der Waals surface area (Å²) in [6, 6.07) is 11.6. The van der Waals surface area contributed by atoms with Gasteiger partial charge in [-0.25, -0.2) is 0 Å². The third kappa shape index (κ3) is 7.81. The molecule has 0 bridgehead atoms. The Bertz CT molecular complexity index is 367. The van der Waals surface area contributed by atoms with Crippen LogP contribution >= 0.6 is 0 Å². The largest absolute Gasteiger partial charge is 0.679 e. The van der Waals surface area contributed by atoms with Crippen LogP contribution in [-0.4, -0.2) is 29.6 Å². The van der Waals surface area contributed by atoms with Crippen molar-refractivity contribution in [2.75, 3.05) is 19.6 Å². The van der Waals surface area contributed by atoms with Gasteiger partial charge in [-0.1, -0.05) is 19.1 Å². The van der Waals surface area contributed by atoms with E-state index in [-0.39, 0.29) is 20.4 Å². The molecule has 0 saturated heterocycles. The molecule has 2 aromatic heterocycles. The monoisotopic (exact) mass is 348 g/mol. The van der Waals surface area contributed by atoms with E-state index in [9.17, 15) is 0 Å². The van der Waals surface area contributed by atoms with Crippen LogP contribution in [0, 0.1) is 0 Å². The summed E-state index contributed by atoms with van der Waals surface area (Å²) in [6.07, 6.45) is 3.54. The van der Waals surface area contributed by atoms with Gasteiger partial charge in [0.15, 0.2) is 0 Å². The summed E-state index contributed by atoms with van der Waals surface area (Å²) in [4.78, 5) is 8.37. The quantitative estimate of drug-likeness (QED) is 0.626. The van der Waals surface area contributed by atoms with Gasteiger partial charge in [-0.3, -0.25) is 9.97 Å². The summed E-state index contributed by atoms with van der Waals surface area (Å²) in [6.45, 7) is 3.99. The molecule has 0 fully saturated rings. The van der Waals surface area contributed by atoms with Crippen LogP contribution in [0.5, 0.6) is 0 Å². The van der Waals surface area contributed by atoms with E-state index in [1.807, 2.05) is 43.3 Å². The van der Waals surface area contributed by atoms with Gasteiger partial charge in [0.05, 0.1) is 11.4 Å². The van der Waals surface area contributed by atoms with Crippen molar-refractivity contribution in [1.29, 1.82) is 0 Å². The molecule has 0 aliphatic heterocycles. The summed E-state index contributed by atoms with van der Waals surface area (Å²) >= 11 is 0. The zero-order valence-electron chi connectivity index (χ0n) is 10.9. The van der Waals surface area contributed by atoms with Crippen molar-refractivity contribution in [1.82, 2.24) is 9.97 Å². The molecule has 0 aromatic carbocycles. The molecule has 106 valence electrons. The molecule has 0 unspecified atom stereocenters. The number of rotatable bonds is 4. The zero-order chi connectivity index (χ0) is 13.1. The fourth-order valence-corrected chi connectivity index (χ4v) is 1.27. The Kier molecular flexibility index (Phi) is 11.2. The molecular weight excluding hydrogens is 331 g/mol. The molecule has 0 amide bonds. The number of hydrogen-bond donors (Lipinski definition) is 0. The predicted molar refractivity (Wildman–Crippen MR) is 75.4 cm³/mol. The van der Waals surface area contributed by atoms with E-state index in [1.54, 1.807) is 12.4 Å². The van der Waals surface area contributed by atoms with Gasteiger partial charge < -0.3 is 11.1 Å².